The summed E-state index contributed by atoms with van der Waals surface area (Å²) in [5.74, 6) is -0.258. The first-order valence-corrected chi connectivity index (χ1v) is 7.31. The van der Waals surface area contributed by atoms with E-state index in [0.717, 1.165) is 18.4 Å². The van der Waals surface area contributed by atoms with E-state index >= 15 is 0 Å². The van der Waals surface area contributed by atoms with E-state index in [-0.39, 0.29) is 5.97 Å². The van der Waals surface area contributed by atoms with Crippen LogP contribution < -0.4 is 5.32 Å². The minimum Gasteiger partial charge on any atom is -0.464 e. The molecule has 0 aliphatic heterocycles. The second-order valence-corrected chi connectivity index (χ2v) is 5.05. The van der Waals surface area contributed by atoms with Gasteiger partial charge >= 0.3 is 5.97 Å². The predicted molar refractivity (Wildman–Crippen MR) is 77.4 cm³/mol. The molecule has 1 saturated carbocycles. The fourth-order valence-corrected chi connectivity index (χ4v) is 2.25. The lowest BCUT2D eigenvalue weighted by Crippen LogP contribution is -2.54. The lowest BCUT2D eigenvalue weighted by molar-refractivity contribution is -0.155. The van der Waals surface area contributed by atoms with Gasteiger partial charge in [-0.1, -0.05) is 30.3 Å². The van der Waals surface area contributed by atoms with Crippen molar-refractivity contribution in [3.05, 3.63) is 35.9 Å². The molecule has 0 heterocycles. The Morgan fingerprint density at radius 2 is 1.95 bits per heavy atom. The molecule has 1 aliphatic carbocycles. The SMILES string of the molecule is CCOCC(NC1CC1)(C(=O)OCC)c1ccccc1. The van der Waals surface area contributed by atoms with E-state index in [9.17, 15) is 4.79 Å². The van der Waals surface area contributed by atoms with Crippen LogP contribution in [-0.4, -0.2) is 31.8 Å². The summed E-state index contributed by atoms with van der Waals surface area (Å²) in [4.78, 5) is 12.6. The first-order chi connectivity index (χ1) is 9.73. The molecular formula is C16H23NO3. The van der Waals surface area contributed by atoms with Gasteiger partial charge in [0.05, 0.1) is 13.2 Å². The van der Waals surface area contributed by atoms with Gasteiger partial charge < -0.3 is 9.47 Å². The van der Waals surface area contributed by atoms with Gasteiger partial charge in [0.2, 0.25) is 0 Å². The summed E-state index contributed by atoms with van der Waals surface area (Å²) in [5, 5.41) is 3.44. The van der Waals surface area contributed by atoms with Crippen LogP contribution in [0.4, 0.5) is 0 Å². The second kappa shape index (κ2) is 6.86. The standard InChI is InChI=1S/C16H23NO3/c1-3-19-12-16(15(18)20-4-2,17-14-10-11-14)13-8-6-5-7-9-13/h5-9,14,17H,3-4,10-12H2,1-2H3. The summed E-state index contributed by atoms with van der Waals surface area (Å²) < 4.78 is 10.9. The van der Waals surface area contributed by atoms with Gasteiger partial charge in [0, 0.05) is 12.6 Å². The molecule has 0 bridgehead atoms. The third-order valence-corrected chi connectivity index (χ3v) is 3.44. The van der Waals surface area contributed by atoms with E-state index in [2.05, 4.69) is 5.32 Å². The summed E-state index contributed by atoms with van der Waals surface area (Å²) >= 11 is 0. The minimum atomic E-state index is -0.894. The van der Waals surface area contributed by atoms with Crippen molar-refractivity contribution in [3.63, 3.8) is 0 Å². The zero-order valence-electron chi connectivity index (χ0n) is 12.2. The molecule has 1 unspecified atom stereocenters. The molecule has 1 aromatic rings. The Hall–Kier alpha value is -1.39. The van der Waals surface area contributed by atoms with E-state index in [0.29, 0.717) is 25.9 Å². The number of hydrogen-bond acceptors (Lipinski definition) is 4. The number of ether oxygens (including phenoxy) is 2. The van der Waals surface area contributed by atoms with Crippen molar-refractivity contribution in [2.75, 3.05) is 19.8 Å². The largest absolute Gasteiger partial charge is 0.464 e. The van der Waals surface area contributed by atoms with E-state index in [1.165, 1.54) is 0 Å². The molecule has 0 aromatic heterocycles. The van der Waals surface area contributed by atoms with Crippen LogP contribution in [0.25, 0.3) is 0 Å². The van der Waals surface area contributed by atoms with Gasteiger partial charge in [0.1, 0.15) is 0 Å². The summed E-state index contributed by atoms with van der Waals surface area (Å²) in [5.41, 5.74) is 0.00727. The molecule has 1 fully saturated rings. The van der Waals surface area contributed by atoms with E-state index < -0.39 is 5.54 Å². The van der Waals surface area contributed by atoms with Gasteiger partial charge in [0.25, 0.3) is 0 Å². The normalized spacial score (nSPS) is 17.5. The van der Waals surface area contributed by atoms with E-state index in [1.807, 2.05) is 44.2 Å². The Morgan fingerprint density at radius 3 is 2.50 bits per heavy atom. The number of benzene rings is 1. The van der Waals surface area contributed by atoms with Crippen molar-refractivity contribution in [2.45, 2.75) is 38.3 Å². The quantitative estimate of drug-likeness (QED) is 0.740. The average molecular weight is 277 g/mol. The molecule has 0 radical (unpaired) electrons. The van der Waals surface area contributed by atoms with Crippen LogP contribution in [0.1, 0.15) is 32.3 Å². The van der Waals surface area contributed by atoms with Gasteiger partial charge in [0.15, 0.2) is 5.54 Å². The van der Waals surface area contributed by atoms with Crippen LogP contribution >= 0.6 is 0 Å². The van der Waals surface area contributed by atoms with Crippen LogP contribution in [0.2, 0.25) is 0 Å². The molecule has 0 amide bonds. The molecule has 1 aliphatic rings. The van der Waals surface area contributed by atoms with E-state index in [1.54, 1.807) is 0 Å². The Kier molecular flexibility index (Phi) is 5.15. The fraction of sp³-hybridized carbons (Fsp3) is 0.562. The van der Waals surface area contributed by atoms with Gasteiger partial charge in [-0.25, -0.2) is 4.79 Å². The first kappa shape index (κ1) is 15.0. The lowest BCUT2D eigenvalue weighted by atomic mass is 9.90. The molecule has 4 nitrogen and oxygen atoms in total. The van der Waals surface area contributed by atoms with Gasteiger partial charge in [-0.2, -0.15) is 0 Å². The molecule has 0 saturated heterocycles. The Morgan fingerprint density at radius 1 is 1.25 bits per heavy atom. The van der Waals surface area contributed by atoms with Crippen molar-refractivity contribution in [2.24, 2.45) is 0 Å². The zero-order chi connectivity index (χ0) is 14.4. The highest BCUT2D eigenvalue weighted by Gasteiger charge is 2.45. The van der Waals surface area contributed by atoms with Crippen LogP contribution in [0.3, 0.4) is 0 Å². The monoisotopic (exact) mass is 277 g/mol. The highest BCUT2D eigenvalue weighted by atomic mass is 16.5. The predicted octanol–water partition coefficient (Wildman–Crippen LogP) is 2.23. The zero-order valence-corrected chi connectivity index (χ0v) is 12.2. The number of carbonyl (C=O) groups excluding carboxylic acids is 1. The van der Waals surface area contributed by atoms with Crippen LogP contribution in [0.15, 0.2) is 30.3 Å². The summed E-state index contributed by atoms with van der Waals surface area (Å²) in [6, 6.07) is 10.1. The third kappa shape index (κ3) is 3.38. The second-order valence-electron chi connectivity index (χ2n) is 5.05. The maximum absolute atomic E-state index is 12.6. The summed E-state index contributed by atoms with van der Waals surface area (Å²) in [7, 11) is 0. The van der Waals surface area contributed by atoms with Gasteiger partial charge in [-0.3, -0.25) is 5.32 Å². The first-order valence-electron chi connectivity index (χ1n) is 7.31. The van der Waals surface area contributed by atoms with Gasteiger partial charge in [-0.15, -0.1) is 0 Å². The van der Waals surface area contributed by atoms with Crippen LogP contribution in [0, 0.1) is 0 Å². The highest BCUT2D eigenvalue weighted by molar-refractivity contribution is 5.83. The highest BCUT2D eigenvalue weighted by Crippen LogP contribution is 2.30. The minimum absolute atomic E-state index is 0.258. The number of hydrogen-bond donors (Lipinski definition) is 1. The molecule has 1 aromatic carbocycles. The van der Waals surface area contributed by atoms with Crippen molar-refractivity contribution < 1.29 is 14.3 Å². The Labute approximate surface area is 120 Å². The van der Waals surface area contributed by atoms with Crippen molar-refractivity contribution in [1.29, 1.82) is 0 Å². The lowest BCUT2D eigenvalue weighted by Gasteiger charge is -2.33. The van der Waals surface area contributed by atoms with Crippen molar-refractivity contribution in [1.82, 2.24) is 5.32 Å². The molecule has 2 rings (SSSR count). The molecule has 0 spiro atoms. The van der Waals surface area contributed by atoms with Crippen LogP contribution in [0.5, 0.6) is 0 Å². The third-order valence-electron chi connectivity index (χ3n) is 3.44. The van der Waals surface area contributed by atoms with Crippen molar-refractivity contribution >= 4 is 5.97 Å². The molecule has 1 N–H and O–H groups in total. The number of rotatable bonds is 8. The van der Waals surface area contributed by atoms with Crippen LogP contribution in [-0.2, 0) is 19.8 Å². The van der Waals surface area contributed by atoms with Crippen molar-refractivity contribution in [3.8, 4) is 0 Å². The Bertz CT molecular complexity index is 431. The van der Waals surface area contributed by atoms with Gasteiger partial charge in [-0.05, 0) is 32.3 Å². The summed E-state index contributed by atoms with van der Waals surface area (Å²) in [6.07, 6.45) is 2.19. The topological polar surface area (TPSA) is 47.6 Å². The Balaban J connectivity index is 2.33. The summed E-state index contributed by atoms with van der Waals surface area (Å²) in [6.45, 7) is 4.98. The maximum Gasteiger partial charge on any atom is 0.333 e. The molecular weight excluding hydrogens is 254 g/mol. The molecule has 1 atom stereocenters. The molecule has 4 heteroatoms. The molecule has 20 heavy (non-hydrogen) atoms. The van der Waals surface area contributed by atoms with E-state index in [4.69, 9.17) is 9.47 Å². The number of carbonyl (C=O) groups is 1. The number of nitrogens with one attached hydrogen (secondary N) is 1. The maximum atomic E-state index is 12.6. The fourth-order valence-electron chi connectivity index (χ4n) is 2.25. The average Bonchev–Trinajstić information content (AvgIpc) is 3.28. The smallest absolute Gasteiger partial charge is 0.333 e. The number of esters is 1. The molecule has 110 valence electrons.